The molecule has 0 spiro atoms. The van der Waals surface area contributed by atoms with Gasteiger partial charge in [0.1, 0.15) is 7.05 Å². The average molecular weight is 284 g/mol. The van der Waals surface area contributed by atoms with Crippen LogP contribution in [0, 0.1) is 6.92 Å². The van der Waals surface area contributed by atoms with Gasteiger partial charge in [0.25, 0.3) is 0 Å². The standard InChI is InChI=1S/C11H12N2.CH4O4S/c1-8-7-10(12)9-5-3-4-6-11(9)13(8)2;1-5-6(2,3)4/h3-7,12H,1-2H3;1H3,(H,2,3,4). The van der Waals surface area contributed by atoms with Gasteiger partial charge in [-0.1, -0.05) is 12.1 Å². The Morgan fingerprint density at radius 3 is 2.37 bits per heavy atom. The summed E-state index contributed by atoms with van der Waals surface area (Å²) in [5, 5.41) is 1.12. The fraction of sp³-hybridized carbons (Fsp3) is 0.250. The lowest BCUT2D eigenvalue weighted by Gasteiger charge is -2.02. The van der Waals surface area contributed by atoms with Crippen molar-refractivity contribution in [2.45, 2.75) is 6.92 Å². The molecule has 0 atom stereocenters. The van der Waals surface area contributed by atoms with Crippen molar-refractivity contribution in [2.24, 2.45) is 7.05 Å². The summed E-state index contributed by atoms with van der Waals surface area (Å²) in [7, 11) is -1.55. The molecular formula is C12H16N2O4S. The summed E-state index contributed by atoms with van der Waals surface area (Å²) in [4.78, 5) is 0. The van der Waals surface area contributed by atoms with Crippen LogP contribution in [0.4, 0.5) is 5.69 Å². The van der Waals surface area contributed by atoms with Crippen LogP contribution in [-0.4, -0.2) is 20.1 Å². The molecule has 2 aromatic rings. The van der Waals surface area contributed by atoms with Crippen molar-refractivity contribution < 1.29 is 21.7 Å². The largest absolute Gasteiger partial charge is 0.726 e. The average Bonchev–Trinajstić information content (AvgIpc) is 2.36. The Morgan fingerprint density at radius 1 is 1.32 bits per heavy atom. The van der Waals surface area contributed by atoms with Crippen LogP contribution in [0.25, 0.3) is 10.9 Å². The van der Waals surface area contributed by atoms with Crippen molar-refractivity contribution in [3.05, 3.63) is 36.0 Å². The molecule has 0 aliphatic rings. The molecule has 0 aliphatic heterocycles. The summed E-state index contributed by atoms with van der Waals surface area (Å²) in [6.45, 7) is 2.06. The zero-order valence-corrected chi connectivity index (χ0v) is 11.8. The highest BCUT2D eigenvalue weighted by Gasteiger charge is 2.09. The Hall–Kier alpha value is -1.70. The van der Waals surface area contributed by atoms with Gasteiger partial charge in [0.05, 0.1) is 18.2 Å². The predicted molar refractivity (Wildman–Crippen MR) is 71.0 cm³/mol. The predicted octanol–water partition coefficient (Wildman–Crippen LogP) is 0.648. The Bertz CT molecular complexity index is 683. The number of pyridine rings is 1. The molecule has 0 unspecified atom stereocenters. The van der Waals surface area contributed by atoms with E-state index in [-0.39, 0.29) is 0 Å². The minimum Gasteiger partial charge on any atom is -0.726 e. The van der Waals surface area contributed by atoms with Crippen molar-refractivity contribution in [3.8, 4) is 0 Å². The van der Waals surface area contributed by atoms with Crippen LogP contribution in [0.1, 0.15) is 5.69 Å². The van der Waals surface area contributed by atoms with Gasteiger partial charge in [-0.15, -0.1) is 0 Å². The van der Waals surface area contributed by atoms with Gasteiger partial charge in [0, 0.05) is 19.1 Å². The van der Waals surface area contributed by atoms with Crippen molar-refractivity contribution in [1.82, 2.24) is 0 Å². The number of hydrogen-bond acceptors (Lipinski definition) is 5. The fourth-order valence-electron chi connectivity index (χ4n) is 1.60. The van der Waals surface area contributed by atoms with E-state index in [1.54, 1.807) is 0 Å². The van der Waals surface area contributed by atoms with E-state index >= 15 is 0 Å². The maximum absolute atomic E-state index is 9.22. The van der Waals surface area contributed by atoms with Crippen molar-refractivity contribution in [1.29, 1.82) is 0 Å². The zero-order chi connectivity index (χ0) is 14.6. The molecule has 1 heterocycles. The van der Waals surface area contributed by atoms with Crippen LogP contribution in [0.5, 0.6) is 0 Å². The van der Waals surface area contributed by atoms with Crippen LogP contribution >= 0.6 is 0 Å². The number of nitrogen functional groups attached to an aromatic ring is 1. The minimum absolute atomic E-state index is 0.808. The van der Waals surface area contributed by atoms with Gasteiger partial charge in [0.2, 0.25) is 15.9 Å². The first-order valence-electron chi connectivity index (χ1n) is 5.41. The SMILES string of the molecule is COS(=O)(=O)[O-].Cc1cc(N)c2ccccc2[n+]1C. The Morgan fingerprint density at radius 2 is 1.84 bits per heavy atom. The molecule has 1 aromatic heterocycles. The number of para-hydroxylation sites is 1. The molecule has 2 N–H and O–H groups in total. The number of nitrogens with two attached hydrogens (primary N) is 1. The van der Waals surface area contributed by atoms with Gasteiger partial charge in [0.15, 0.2) is 5.69 Å². The van der Waals surface area contributed by atoms with Gasteiger partial charge < -0.3 is 10.3 Å². The molecule has 19 heavy (non-hydrogen) atoms. The first kappa shape index (κ1) is 15.4. The van der Waals surface area contributed by atoms with E-state index in [0.717, 1.165) is 18.2 Å². The van der Waals surface area contributed by atoms with Crippen molar-refractivity contribution in [3.63, 3.8) is 0 Å². The molecule has 0 amide bonds. The van der Waals surface area contributed by atoms with Crippen LogP contribution in [0.2, 0.25) is 0 Å². The van der Waals surface area contributed by atoms with E-state index in [2.05, 4.69) is 28.8 Å². The van der Waals surface area contributed by atoms with E-state index in [4.69, 9.17) is 5.73 Å². The Kier molecular flexibility index (Phi) is 4.82. The fourth-order valence-corrected chi connectivity index (χ4v) is 1.60. The number of aromatic nitrogens is 1. The summed E-state index contributed by atoms with van der Waals surface area (Å²) in [5.41, 5.74) is 9.12. The number of nitrogens with zero attached hydrogens (tertiary/aromatic N) is 1. The first-order valence-corrected chi connectivity index (χ1v) is 6.75. The summed E-state index contributed by atoms with van der Waals surface area (Å²) in [5.74, 6) is 0. The van der Waals surface area contributed by atoms with E-state index in [1.807, 2.05) is 24.3 Å². The molecule has 0 aliphatic carbocycles. The number of hydrogen-bond donors (Lipinski definition) is 1. The number of rotatable bonds is 1. The molecular weight excluding hydrogens is 268 g/mol. The third kappa shape index (κ3) is 4.16. The number of fused-ring (bicyclic) bond motifs is 1. The Labute approximate surface area is 112 Å². The van der Waals surface area contributed by atoms with Gasteiger partial charge >= 0.3 is 0 Å². The monoisotopic (exact) mass is 284 g/mol. The highest BCUT2D eigenvalue weighted by atomic mass is 32.3. The van der Waals surface area contributed by atoms with Crippen molar-refractivity contribution in [2.75, 3.05) is 12.8 Å². The molecule has 0 saturated heterocycles. The van der Waals surface area contributed by atoms with Gasteiger partial charge in [-0.2, -0.15) is 4.57 Å². The second kappa shape index (κ2) is 5.96. The smallest absolute Gasteiger partial charge is 0.217 e. The van der Waals surface area contributed by atoms with Crippen LogP contribution in [0.3, 0.4) is 0 Å². The van der Waals surface area contributed by atoms with Gasteiger partial charge in [-0.3, -0.25) is 4.18 Å². The highest BCUT2D eigenvalue weighted by Crippen LogP contribution is 2.17. The second-order valence-electron chi connectivity index (χ2n) is 3.89. The van der Waals surface area contributed by atoms with Crippen LogP contribution in [0.15, 0.2) is 30.3 Å². The third-order valence-electron chi connectivity index (χ3n) is 2.67. The lowest BCUT2D eigenvalue weighted by molar-refractivity contribution is -0.651. The number of benzene rings is 1. The van der Waals surface area contributed by atoms with E-state index < -0.39 is 10.4 Å². The normalized spacial score (nSPS) is 10.9. The zero-order valence-electron chi connectivity index (χ0n) is 11.0. The van der Waals surface area contributed by atoms with Gasteiger partial charge in [-0.25, -0.2) is 8.42 Å². The maximum atomic E-state index is 9.22. The molecule has 2 rings (SSSR count). The van der Waals surface area contributed by atoms with Crippen LogP contribution in [-0.2, 0) is 21.6 Å². The molecule has 0 radical (unpaired) electrons. The second-order valence-corrected chi connectivity index (χ2v) is 5.04. The molecule has 1 aromatic carbocycles. The van der Waals surface area contributed by atoms with Crippen molar-refractivity contribution >= 4 is 27.0 Å². The maximum Gasteiger partial charge on any atom is 0.217 e. The molecule has 0 bridgehead atoms. The summed E-state index contributed by atoms with van der Waals surface area (Å²) < 4.78 is 33.2. The summed E-state index contributed by atoms with van der Waals surface area (Å²) >= 11 is 0. The highest BCUT2D eigenvalue weighted by molar-refractivity contribution is 7.80. The third-order valence-corrected chi connectivity index (χ3v) is 3.08. The lowest BCUT2D eigenvalue weighted by Crippen LogP contribution is -2.32. The quantitative estimate of drug-likeness (QED) is 0.471. The summed E-state index contributed by atoms with van der Waals surface area (Å²) in [6.07, 6.45) is 0. The van der Waals surface area contributed by atoms with E-state index in [0.29, 0.717) is 0 Å². The van der Waals surface area contributed by atoms with Gasteiger partial charge in [-0.05, 0) is 6.07 Å². The molecule has 6 nitrogen and oxygen atoms in total. The first-order chi connectivity index (χ1) is 8.76. The molecule has 7 heteroatoms. The number of anilines is 1. The Balaban J connectivity index is 0.000000258. The van der Waals surface area contributed by atoms with Crippen LogP contribution < -0.4 is 10.3 Å². The summed E-state index contributed by atoms with van der Waals surface area (Å²) in [6, 6.07) is 10.2. The number of aryl methyl sites for hydroxylation is 2. The molecule has 0 saturated carbocycles. The lowest BCUT2D eigenvalue weighted by atomic mass is 10.1. The topological polar surface area (TPSA) is 96.3 Å². The van der Waals surface area contributed by atoms with E-state index in [1.165, 1.54) is 11.2 Å². The minimum atomic E-state index is -4.41. The molecule has 0 fully saturated rings. The molecule has 104 valence electrons. The van der Waals surface area contributed by atoms with E-state index in [9.17, 15) is 13.0 Å².